The first-order valence-corrected chi connectivity index (χ1v) is 6.96. The van der Waals surface area contributed by atoms with Gasteiger partial charge in [0.05, 0.1) is 18.0 Å². The van der Waals surface area contributed by atoms with Crippen molar-refractivity contribution < 1.29 is 4.42 Å². The largest absolute Gasteiger partial charge is 0.469 e. The summed E-state index contributed by atoms with van der Waals surface area (Å²) in [5.41, 5.74) is 8.53. The van der Waals surface area contributed by atoms with Crippen molar-refractivity contribution in [1.82, 2.24) is 4.98 Å². The van der Waals surface area contributed by atoms with Gasteiger partial charge in [0.25, 0.3) is 0 Å². The smallest absolute Gasteiger partial charge is 0.113 e. The minimum absolute atomic E-state index is 0.154. The highest BCUT2D eigenvalue weighted by atomic mass is 32.1. The summed E-state index contributed by atoms with van der Waals surface area (Å²) in [7, 11) is 0. The molecule has 1 atom stereocenters. The van der Waals surface area contributed by atoms with Crippen molar-refractivity contribution in [2.45, 2.75) is 31.7 Å². The Kier molecular flexibility index (Phi) is 1.99. The molecule has 0 aromatic carbocycles. The maximum atomic E-state index is 6.23. The molecule has 3 nitrogen and oxygen atoms in total. The monoisotopic (exact) mass is 246 g/mol. The average Bonchev–Trinajstić information content (AvgIpc) is 2.91. The minimum Gasteiger partial charge on any atom is -0.469 e. The van der Waals surface area contributed by atoms with Crippen LogP contribution in [0.5, 0.6) is 0 Å². The SMILES string of the molecule is NC(c1nc2c(s1)CCc1occc1-2)C1CC1. The molecular weight excluding hydrogens is 232 g/mol. The summed E-state index contributed by atoms with van der Waals surface area (Å²) in [5, 5.41) is 1.12. The summed E-state index contributed by atoms with van der Waals surface area (Å²) >= 11 is 1.80. The molecule has 2 aromatic heterocycles. The van der Waals surface area contributed by atoms with Gasteiger partial charge in [0, 0.05) is 16.9 Å². The van der Waals surface area contributed by atoms with Crippen LogP contribution in [0.25, 0.3) is 11.3 Å². The number of aromatic nitrogens is 1. The summed E-state index contributed by atoms with van der Waals surface area (Å²) in [6, 6.07) is 2.18. The van der Waals surface area contributed by atoms with E-state index in [1.54, 1.807) is 17.6 Å². The highest BCUT2D eigenvalue weighted by Gasteiger charge is 2.33. The Hall–Kier alpha value is -1.13. The van der Waals surface area contributed by atoms with Crippen molar-refractivity contribution in [3.05, 3.63) is 28.0 Å². The van der Waals surface area contributed by atoms with E-state index in [2.05, 4.69) is 0 Å². The maximum absolute atomic E-state index is 6.23. The van der Waals surface area contributed by atoms with E-state index in [9.17, 15) is 0 Å². The van der Waals surface area contributed by atoms with Gasteiger partial charge >= 0.3 is 0 Å². The Labute approximate surface area is 104 Å². The van der Waals surface area contributed by atoms with E-state index >= 15 is 0 Å². The van der Waals surface area contributed by atoms with Crippen LogP contribution >= 0.6 is 11.3 Å². The minimum atomic E-state index is 0.154. The molecule has 0 radical (unpaired) electrons. The molecule has 0 amide bonds. The Morgan fingerprint density at radius 3 is 3.12 bits per heavy atom. The molecule has 0 aliphatic heterocycles. The van der Waals surface area contributed by atoms with Gasteiger partial charge < -0.3 is 10.2 Å². The Bertz CT molecular complexity index is 568. The number of furan rings is 1. The fourth-order valence-corrected chi connectivity index (χ4v) is 3.70. The number of nitrogens with zero attached hydrogens (tertiary/aromatic N) is 1. The second-order valence-electron chi connectivity index (χ2n) is 4.94. The molecule has 1 unspecified atom stereocenters. The van der Waals surface area contributed by atoms with Crippen LogP contribution in [0.4, 0.5) is 0 Å². The highest BCUT2D eigenvalue weighted by molar-refractivity contribution is 7.12. The molecule has 88 valence electrons. The maximum Gasteiger partial charge on any atom is 0.113 e. The lowest BCUT2D eigenvalue weighted by molar-refractivity contribution is 0.508. The molecule has 4 rings (SSSR count). The molecule has 2 N–H and O–H groups in total. The molecule has 0 bridgehead atoms. The number of fused-ring (bicyclic) bond motifs is 3. The van der Waals surface area contributed by atoms with Gasteiger partial charge in [-0.2, -0.15) is 0 Å². The third-order valence-corrected chi connectivity index (χ3v) is 4.93. The summed E-state index contributed by atoms with van der Waals surface area (Å²) in [5.74, 6) is 1.75. The Balaban J connectivity index is 1.79. The first-order chi connectivity index (χ1) is 8.33. The van der Waals surface area contributed by atoms with Gasteiger partial charge in [-0.1, -0.05) is 0 Å². The molecule has 4 heteroatoms. The van der Waals surface area contributed by atoms with E-state index in [-0.39, 0.29) is 6.04 Å². The molecule has 17 heavy (non-hydrogen) atoms. The van der Waals surface area contributed by atoms with Crippen LogP contribution in [-0.2, 0) is 12.8 Å². The predicted octanol–water partition coefficient (Wildman–Crippen LogP) is 2.91. The van der Waals surface area contributed by atoms with Crippen molar-refractivity contribution in [1.29, 1.82) is 0 Å². The lowest BCUT2D eigenvalue weighted by atomic mass is 10.0. The second kappa shape index (κ2) is 3.43. The molecule has 0 spiro atoms. The number of rotatable bonds is 2. The van der Waals surface area contributed by atoms with Gasteiger partial charge in [-0.15, -0.1) is 11.3 Å². The topological polar surface area (TPSA) is 52.0 Å². The zero-order chi connectivity index (χ0) is 11.4. The molecule has 2 aliphatic carbocycles. The van der Waals surface area contributed by atoms with Gasteiger partial charge in [-0.3, -0.25) is 0 Å². The van der Waals surface area contributed by atoms with Crippen LogP contribution in [0, 0.1) is 5.92 Å². The highest BCUT2D eigenvalue weighted by Crippen LogP contribution is 2.44. The lowest BCUT2D eigenvalue weighted by Crippen LogP contribution is -2.11. The van der Waals surface area contributed by atoms with Gasteiger partial charge in [-0.05, 0) is 31.2 Å². The summed E-state index contributed by atoms with van der Waals surface area (Å²) in [6.07, 6.45) is 6.34. The van der Waals surface area contributed by atoms with Crippen LogP contribution in [0.3, 0.4) is 0 Å². The van der Waals surface area contributed by atoms with E-state index in [1.165, 1.54) is 23.3 Å². The Morgan fingerprint density at radius 2 is 2.29 bits per heavy atom. The summed E-state index contributed by atoms with van der Waals surface area (Å²) < 4.78 is 5.48. The number of nitrogens with two attached hydrogens (primary N) is 1. The van der Waals surface area contributed by atoms with E-state index in [4.69, 9.17) is 15.1 Å². The zero-order valence-electron chi connectivity index (χ0n) is 9.48. The molecule has 2 heterocycles. The van der Waals surface area contributed by atoms with Gasteiger partial charge in [0.2, 0.25) is 0 Å². The molecular formula is C13H14N2OS. The normalized spacial score (nSPS) is 19.8. The van der Waals surface area contributed by atoms with Crippen LogP contribution in [0.15, 0.2) is 16.7 Å². The van der Waals surface area contributed by atoms with Crippen LogP contribution in [-0.4, -0.2) is 4.98 Å². The van der Waals surface area contributed by atoms with E-state index in [0.29, 0.717) is 5.92 Å². The van der Waals surface area contributed by atoms with Crippen molar-refractivity contribution in [3.63, 3.8) is 0 Å². The quantitative estimate of drug-likeness (QED) is 0.886. The standard InChI is InChI=1S/C13H14N2OS/c14-11(7-1-2-7)13-15-12-8-5-6-16-9(8)3-4-10(12)17-13/h5-7,11H,1-4,14H2. The molecule has 1 fully saturated rings. The first-order valence-electron chi connectivity index (χ1n) is 6.15. The Morgan fingerprint density at radius 1 is 1.41 bits per heavy atom. The van der Waals surface area contributed by atoms with E-state index in [1.807, 2.05) is 6.07 Å². The number of hydrogen-bond acceptors (Lipinski definition) is 4. The number of aryl methyl sites for hydroxylation is 2. The zero-order valence-corrected chi connectivity index (χ0v) is 10.3. The van der Waals surface area contributed by atoms with Crippen molar-refractivity contribution in [2.75, 3.05) is 0 Å². The van der Waals surface area contributed by atoms with Crippen LogP contribution < -0.4 is 5.73 Å². The summed E-state index contributed by atoms with van der Waals surface area (Å²) in [6.45, 7) is 0. The molecule has 2 aromatic rings. The molecule has 2 aliphatic rings. The third-order valence-electron chi connectivity index (χ3n) is 3.71. The molecule has 1 saturated carbocycles. The van der Waals surface area contributed by atoms with E-state index < -0.39 is 0 Å². The first kappa shape index (κ1) is 9.85. The van der Waals surface area contributed by atoms with Gasteiger partial charge in [0.15, 0.2) is 0 Å². The predicted molar refractivity (Wildman–Crippen MR) is 66.9 cm³/mol. The lowest BCUT2D eigenvalue weighted by Gasteiger charge is -2.07. The number of hydrogen-bond donors (Lipinski definition) is 1. The van der Waals surface area contributed by atoms with Crippen molar-refractivity contribution >= 4 is 11.3 Å². The fourth-order valence-electron chi connectivity index (χ4n) is 2.52. The summed E-state index contributed by atoms with van der Waals surface area (Å²) in [4.78, 5) is 6.14. The average molecular weight is 246 g/mol. The number of thiazole rings is 1. The van der Waals surface area contributed by atoms with Crippen LogP contribution in [0.2, 0.25) is 0 Å². The van der Waals surface area contributed by atoms with Gasteiger partial charge in [0.1, 0.15) is 10.8 Å². The van der Waals surface area contributed by atoms with Crippen LogP contribution in [0.1, 0.15) is 34.5 Å². The van der Waals surface area contributed by atoms with Gasteiger partial charge in [-0.25, -0.2) is 4.98 Å². The third kappa shape index (κ3) is 1.47. The van der Waals surface area contributed by atoms with Crippen molar-refractivity contribution in [2.24, 2.45) is 11.7 Å². The van der Waals surface area contributed by atoms with E-state index in [0.717, 1.165) is 29.3 Å². The van der Waals surface area contributed by atoms with Crippen molar-refractivity contribution in [3.8, 4) is 11.3 Å². The second-order valence-corrected chi connectivity index (χ2v) is 6.06. The fraction of sp³-hybridized carbons (Fsp3) is 0.462. The molecule has 0 saturated heterocycles.